The Morgan fingerprint density at radius 3 is 2.67 bits per heavy atom. The maximum atomic E-state index is 12.7. The SMILES string of the molecule is CS(=O)(=O)N1C[C@H](C(=O)Nc2ccc3c(c2)OCO3)Oc2ccc(Cl)cc21. The van der Waals surface area contributed by atoms with Gasteiger partial charge in [-0.2, -0.15) is 0 Å². The quantitative estimate of drug-likeness (QED) is 0.833. The Balaban J connectivity index is 1.58. The van der Waals surface area contributed by atoms with E-state index in [1.54, 1.807) is 24.3 Å². The van der Waals surface area contributed by atoms with Crippen LogP contribution in [0.1, 0.15) is 0 Å². The summed E-state index contributed by atoms with van der Waals surface area (Å²) in [6.45, 7) is -0.0380. The van der Waals surface area contributed by atoms with Gasteiger partial charge in [-0.05, 0) is 30.3 Å². The number of benzene rings is 2. The number of rotatable bonds is 3. The standard InChI is InChI=1S/C17H15ClN2O6S/c1-27(22,23)20-8-16(26-13-4-2-10(18)6-12(13)20)17(21)19-11-3-5-14-15(7-11)25-9-24-14/h2-7,16H,8-9H2,1H3,(H,19,21)/t16-/m1/s1. The predicted molar refractivity (Wildman–Crippen MR) is 99.3 cm³/mol. The number of sulfonamides is 1. The smallest absolute Gasteiger partial charge is 0.267 e. The third-order valence-electron chi connectivity index (χ3n) is 4.12. The van der Waals surface area contributed by atoms with E-state index in [1.165, 1.54) is 12.1 Å². The van der Waals surface area contributed by atoms with Crippen LogP contribution in [0.4, 0.5) is 11.4 Å². The summed E-state index contributed by atoms with van der Waals surface area (Å²) in [4.78, 5) is 12.7. The van der Waals surface area contributed by atoms with E-state index in [4.69, 9.17) is 25.8 Å². The maximum Gasteiger partial charge on any atom is 0.267 e. The number of amides is 1. The molecule has 1 amide bonds. The van der Waals surface area contributed by atoms with Crippen LogP contribution in [0.15, 0.2) is 36.4 Å². The molecule has 0 unspecified atom stereocenters. The van der Waals surface area contributed by atoms with E-state index in [0.717, 1.165) is 10.6 Å². The number of fused-ring (bicyclic) bond motifs is 2. The molecule has 0 bridgehead atoms. The molecule has 142 valence electrons. The molecule has 2 heterocycles. The average molecular weight is 411 g/mol. The summed E-state index contributed by atoms with van der Waals surface area (Å²) in [6.07, 6.45) is 0.0364. The van der Waals surface area contributed by atoms with Crippen molar-refractivity contribution in [1.29, 1.82) is 0 Å². The molecular weight excluding hydrogens is 396 g/mol. The Kier molecular flexibility index (Phi) is 4.27. The summed E-state index contributed by atoms with van der Waals surface area (Å²) >= 11 is 5.97. The summed E-state index contributed by atoms with van der Waals surface area (Å²) in [6, 6.07) is 9.57. The van der Waals surface area contributed by atoms with Crippen LogP contribution in [0.5, 0.6) is 17.2 Å². The van der Waals surface area contributed by atoms with Crippen molar-refractivity contribution in [1.82, 2.24) is 0 Å². The Bertz CT molecular complexity index is 1030. The molecule has 2 aliphatic rings. The fourth-order valence-electron chi connectivity index (χ4n) is 2.87. The predicted octanol–water partition coefficient (Wildman–Crippen LogP) is 2.23. The molecule has 0 saturated carbocycles. The summed E-state index contributed by atoms with van der Waals surface area (Å²) in [5.41, 5.74) is 0.790. The number of hydrogen-bond donors (Lipinski definition) is 1. The summed E-state index contributed by atoms with van der Waals surface area (Å²) in [5.74, 6) is 0.899. The van der Waals surface area contributed by atoms with Gasteiger partial charge >= 0.3 is 0 Å². The first-order valence-corrected chi connectivity index (χ1v) is 10.2. The van der Waals surface area contributed by atoms with Crippen molar-refractivity contribution >= 4 is 38.9 Å². The van der Waals surface area contributed by atoms with E-state index >= 15 is 0 Å². The van der Waals surface area contributed by atoms with Gasteiger partial charge in [0.05, 0.1) is 18.5 Å². The lowest BCUT2D eigenvalue weighted by atomic mass is 10.2. The summed E-state index contributed by atoms with van der Waals surface area (Å²) < 4.78 is 41.7. The van der Waals surface area contributed by atoms with Crippen LogP contribution in [-0.2, 0) is 14.8 Å². The van der Waals surface area contributed by atoms with Crippen molar-refractivity contribution in [2.24, 2.45) is 0 Å². The Morgan fingerprint density at radius 1 is 1.15 bits per heavy atom. The fraction of sp³-hybridized carbons (Fsp3) is 0.235. The molecule has 10 heteroatoms. The van der Waals surface area contributed by atoms with Crippen LogP contribution in [0.25, 0.3) is 0 Å². The zero-order chi connectivity index (χ0) is 19.2. The number of halogens is 1. The second kappa shape index (κ2) is 6.50. The van der Waals surface area contributed by atoms with Gasteiger partial charge in [-0.3, -0.25) is 9.10 Å². The average Bonchev–Trinajstić information content (AvgIpc) is 3.07. The zero-order valence-electron chi connectivity index (χ0n) is 14.1. The normalized spacial score (nSPS) is 17.9. The first-order valence-electron chi connectivity index (χ1n) is 7.96. The van der Waals surface area contributed by atoms with Gasteiger partial charge in [0.25, 0.3) is 5.91 Å². The highest BCUT2D eigenvalue weighted by atomic mass is 35.5. The highest BCUT2D eigenvalue weighted by molar-refractivity contribution is 7.92. The first kappa shape index (κ1) is 17.7. The Hall–Kier alpha value is -2.65. The summed E-state index contributed by atoms with van der Waals surface area (Å²) in [5, 5.41) is 3.08. The van der Waals surface area contributed by atoms with Crippen LogP contribution in [0, 0.1) is 0 Å². The van der Waals surface area contributed by atoms with Crippen molar-refractivity contribution in [3.05, 3.63) is 41.4 Å². The lowest BCUT2D eigenvalue weighted by Gasteiger charge is -2.34. The van der Waals surface area contributed by atoms with Crippen molar-refractivity contribution in [2.45, 2.75) is 6.10 Å². The molecule has 1 atom stereocenters. The van der Waals surface area contributed by atoms with Gasteiger partial charge < -0.3 is 19.5 Å². The van der Waals surface area contributed by atoms with E-state index in [9.17, 15) is 13.2 Å². The highest BCUT2D eigenvalue weighted by Crippen LogP contribution is 2.38. The molecule has 1 N–H and O–H groups in total. The largest absolute Gasteiger partial charge is 0.476 e. The second-order valence-corrected chi connectivity index (χ2v) is 8.41. The highest BCUT2D eigenvalue weighted by Gasteiger charge is 2.35. The molecule has 2 aromatic carbocycles. The minimum Gasteiger partial charge on any atom is -0.476 e. The minimum atomic E-state index is -3.63. The van der Waals surface area contributed by atoms with E-state index in [-0.39, 0.29) is 19.1 Å². The molecule has 0 spiro atoms. The van der Waals surface area contributed by atoms with Gasteiger partial charge in [-0.15, -0.1) is 0 Å². The molecule has 0 aliphatic carbocycles. The lowest BCUT2D eigenvalue weighted by Crippen LogP contribution is -2.48. The molecule has 0 radical (unpaired) electrons. The van der Waals surface area contributed by atoms with Gasteiger partial charge in [0.2, 0.25) is 16.8 Å². The molecule has 2 aromatic rings. The van der Waals surface area contributed by atoms with Crippen molar-refractivity contribution in [2.75, 3.05) is 29.2 Å². The zero-order valence-corrected chi connectivity index (χ0v) is 15.7. The van der Waals surface area contributed by atoms with Gasteiger partial charge in [0.15, 0.2) is 17.6 Å². The van der Waals surface area contributed by atoms with E-state index in [0.29, 0.717) is 27.9 Å². The number of carbonyl (C=O) groups excluding carboxylic acids is 1. The van der Waals surface area contributed by atoms with Crippen molar-refractivity contribution in [3.63, 3.8) is 0 Å². The van der Waals surface area contributed by atoms with Gasteiger partial charge in [0.1, 0.15) is 5.75 Å². The van der Waals surface area contributed by atoms with E-state index in [2.05, 4.69) is 5.32 Å². The number of nitrogens with one attached hydrogen (secondary N) is 1. The van der Waals surface area contributed by atoms with Crippen LogP contribution < -0.4 is 23.8 Å². The lowest BCUT2D eigenvalue weighted by molar-refractivity contribution is -0.122. The molecule has 0 aromatic heterocycles. The molecular formula is C17H15ClN2O6S. The van der Waals surface area contributed by atoms with Crippen molar-refractivity contribution < 1.29 is 27.4 Å². The van der Waals surface area contributed by atoms with Crippen LogP contribution in [0.3, 0.4) is 0 Å². The molecule has 0 saturated heterocycles. The number of ether oxygens (including phenoxy) is 3. The van der Waals surface area contributed by atoms with Gasteiger partial charge in [0, 0.05) is 16.8 Å². The monoisotopic (exact) mass is 410 g/mol. The van der Waals surface area contributed by atoms with Gasteiger partial charge in [-0.25, -0.2) is 8.42 Å². The Labute approximate surface area is 160 Å². The molecule has 2 aliphatic heterocycles. The second-order valence-electron chi connectivity index (χ2n) is 6.07. The molecule has 4 rings (SSSR count). The van der Waals surface area contributed by atoms with Crippen LogP contribution in [0.2, 0.25) is 5.02 Å². The number of nitrogens with zero attached hydrogens (tertiary/aromatic N) is 1. The van der Waals surface area contributed by atoms with Crippen LogP contribution >= 0.6 is 11.6 Å². The third-order valence-corrected chi connectivity index (χ3v) is 5.50. The fourth-order valence-corrected chi connectivity index (χ4v) is 3.94. The molecule has 27 heavy (non-hydrogen) atoms. The topological polar surface area (TPSA) is 94.2 Å². The van der Waals surface area contributed by atoms with E-state index < -0.39 is 22.0 Å². The number of hydrogen-bond acceptors (Lipinski definition) is 6. The Morgan fingerprint density at radius 2 is 1.89 bits per heavy atom. The van der Waals surface area contributed by atoms with Gasteiger partial charge in [-0.1, -0.05) is 11.6 Å². The first-order chi connectivity index (χ1) is 12.8. The maximum absolute atomic E-state index is 12.7. The number of anilines is 2. The summed E-state index contributed by atoms with van der Waals surface area (Å²) in [7, 11) is -3.63. The molecule has 0 fully saturated rings. The third kappa shape index (κ3) is 3.47. The number of carbonyl (C=O) groups is 1. The van der Waals surface area contributed by atoms with Crippen LogP contribution in [-0.4, -0.2) is 40.0 Å². The van der Waals surface area contributed by atoms with E-state index in [1.807, 2.05) is 0 Å². The minimum absolute atomic E-state index is 0.126. The van der Waals surface area contributed by atoms with Crippen molar-refractivity contribution in [3.8, 4) is 17.2 Å². The molecule has 8 nitrogen and oxygen atoms in total.